The molecule has 2 rings (SSSR count). The SMILES string of the molecule is CCNC(=O)c1ccc(NC(=O)CNc2cc(OC)ccc2OC)cc1. The summed E-state index contributed by atoms with van der Waals surface area (Å²) in [5, 5.41) is 8.52. The molecule has 0 heterocycles. The number of methoxy groups -OCH3 is 2. The van der Waals surface area contributed by atoms with Crippen LogP contribution in [0.15, 0.2) is 42.5 Å². The number of ether oxygens (including phenoxy) is 2. The highest BCUT2D eigenvalue weighted by Gasteiger charge is 2.08. The van der Waals surface area contributed by atoms with Crippen LogP contribution in [0.25, 0.3) is 0 Å². The maximum absolute atomic E-state index is 12.1. The molecule has 0 atom stereocenters. The molecule has 0 spiro atoms. The van der Waals surface area contributed by atoms with E-state index in [2.05, 4.69) is 16.0 Å². The first-order valence-electron chi connectivity index (χ1n) is 8.21. The highest BCUT2D eigenvalue weighted by molar-refractivity contribution is 5.96. The summed E-state index contributed by atoms with van der Waals surface area (Å²) >= 11 is 0. The van der Waals surface area contributed by atoms with E-state index >= 15 is 0 Å². The Hall–Kier alpha value is -3.22. The molecular formula is C19H23N3O4. The fraction of sp³-hybridized carbons (Fsp3) is 0.263. The van der Waals surface area contributed by atoms with Crippen LogP contribution in [-0.2, 0) is 4.79 Å². The average Bonchev–Trinajstić information content (AvgIpc) is 2.66. The minimum atomic E-state index is -0.222. The number of benzene rings is 2. The van der Waals surface area contributed by atoms with Crippen LogP contribution in [0.2, 0.25) is 0 Å². The Bertz CT molecular complexity index is 760. The Morgan fingerprint density at radius 2 is 1.73 bits per heavy atom. The average molecular weight is 357 g/mol. The quantitative estimate of drug-likeness (QED) is 0.675. The second-order valence-corrected chi connectivity index (χ2v) is 5.40. The predicted octanol–water partition coefficient (Wildman–Crippen LogP) is 2.50. The first-order chi connectivity index (χ1) is 12.6. The maximum Gasteiger partial charge on any atom is 0.251 e. The number of amides is 2. The van der Waals surface area contributed by atoms with Gasteiger partial charge in [0.25, 0.3) is 5.91 Å². The van der Waals surface area contributed by atoms with E-state index in [0.717, 1.165) is 0 Å². The van der Waals surface area contributed by atoms with Gasteiger partial charge < -0.3 is 25.4 Å². The highest BCUT2D eigenvalue weighted by Crippen LogP contribution is 2.28. The molecule has 2 aromatic rings. The second kappa shape index (κ2) is 9.31. The van der Waals surface area contributed by atoms with Gasteiger partial charge >= 0.3 is 0 Å². The number of nitrogens with one attached hydrogen (secondary N) is 3. The third-order valence-corrected chi connectivity index (χ3v) is 3.61. The Kier molecular flexibility index (Phi) is 6.84. The van der Waals surface area contributed by atoms with Crippen LogP contribution in [0.5, 0.6) is 11.5 Å². The fourth-order valence-electron chi connectivity index (χ4n) is 2.30. The van der Waals surface area contributed by atoms with Gasteiger partial charge in [-0.05, 0) is 43.3 Å². The van der Waals surface area contributed by atoms with Gasteiger partial charge in [-0.3, -0.25) is 9.59 Å². The van der Waals surface area contributed by atoms with Crippen LogP contribution in [0.3, 0.4) is 0 Å². The molecule has 0 aromatic heterocycles. The number of hydrogen-bond donors (Lipinski definition) is 3. The lowest BCUT2D eigenvalue weighted by Crippen LogP contribution is -2.23. The first kappa shape index (κ1) is 19.1. The van der Waals surface area contributed by atoms with Gasteiger partial charge in [-0.25, -0.2) is 0 Å². The van der Waals surface area contributed by atoms with Gasteiger partial charge in [0.05, 0.1) is 26.5 Å². The van der Waals surface area contributed by atoms with Crippen LogP contribution in [0.4, 0.5) is 11.4 Å². The normalized spacial score (nSPS) is 9.96. The topological polar surface area (TPSA) is 88.7 Å². The molecule has 0 unspecified atom stereocenters. The van der Waals surface area contributed by atoms with Gasteiger partial charge in [-0.2, -0.15) is 0 Å². The van der Waals surface area contributed by atoms with E-state index in [4.69, 9.17) is 9.47 Å². The van der Waals surface area contributed by atoms with E-state index in [1.807, 2.05) is 6.92 Å². The molecule has 138 valence electrons. The predicted molar refractivity (Wildman–Crippen MR) is 101 cm³/mol. The van der Waals surface area contributed by atoms with Gasteiger partial charge in [0.15, 0.2) is 0 Å². The van der Waals surface area contributed by atoms with Crippen molar-refractivity contribution in [2.24, 2.45) is 0 Å². The van der Waals surface area contributed by atoms with Crippen LogP contribution < -0.4 is 25.4 Å². The molecule has 7 nitrogen and oxygen atoms in total. The lowest BCUT2D eigenvalue weighted by molar-refractivity contribution is -0.114. The van der Waals surface area contributed by atoms with Crippen molar-refractivity contribution in [3.05, 3.63) is 48.0 Å². The van der Waals surface area contributed by atoms with E-state index in [1.54, 1.807) is 56.7 Å². The summed E-state index contributed by atoms with van der Waals surface area (Å²) in [5.74, 6) is 0.914. The Morgan fingerprint density at radius 3 is 2.35 bits per heavy atom. The molecule has 2 amide bonds. The summed E-state index contributed by atoms with van der Waals surface area (Å²) < 4.78 is 10.4. The third-order valence-electron chi connectivity index (χ3n) is 3.61. The number of hydrogen-bond acceptors (Lipinski definition) is 5. The first-order valence-corrected chi connectivity index (χ1v) is 8.21. The zero-order chi connectivity index (χ0) is 18.9. The maximum atomic E-state index is 12.1. The molecule has 3 N–H and O–H groups in total. The zero-order valence-corrected chi connectivity index (χ0v) is 15.1. The summed E-state index contributed by atoms with van der Waals surface area (Å²) in [7, 11) is 3.13. The van der Waals surface area contributed by atoms with Crippen LogP contribution in [0.1, 0.15) is 17.3 Å². The van der Waals surface area contributed by atoms with Crippen molar-refractivity contribution in [2.45, 2.75) is 6.92 Å². The number of carbonyl (C=O) groups excluding carboxylic acids is 2. The van der Waals surface area contributed by atoms with Crippen molar-refractivity contribution in [3.8, 4) is 11.5 Å². The molecule has 2 aromatic carbocycles. The van der Waals surface area contributed by atoms with Crippen molar-refractivity contribution in [1.82, 2.24) is 5.32 Å². The molecule has 0 fully saturated rings. The number of anilines is 2. The van der Waals surface area contributed by atoms with Gasteiger partial charge in [0.2, 0.25) is 5.91 Å². The van der Waals surface area contributed by atoms with Crippen molar-refractivity contribution in [1.29, 1.82) is 0 Å². The van der Waals surface area contributed by atoms with Crippen molar-refractivity contribution < 1.29 is 19.1 Å². The van der Waals surface area contributed by atoms with E-state index in [0.29, 0.717) is 35.0 Å². The van der Waals surface area contributed by atoms with Gasteiger partial charge in [0.1, 0.15) is 11.5 Å². The molecule has 0 bridgehead atoms. The smallest absolute Gasteiger partial charge is 0.251 e. The molecule has 0 saturated heterocycles. The van der Waals surface area contributed by atoms with Crippen molar-refractivity contribution in [3.63, 3.8) is 0 Å². The van der Waals surface area contributed by atoms with Crippen molar-refractivity contribution in [2.75, 3.05) is 37.9 Å². The minimum absolute atomic E-state index is 0.0571. The molecule has 0 aliphatic carbocycles. The van der Waals surface area contributed by atoms with Crippen LogP contribution >= 0.6 is 0 Å². The standard InChI is InChI=1S/C19H23N3O4/c1-4-20-19(24)13-5-7-14(8-6-13)22-18(23)12-21-16-11-15(25-2)9-10-17(16)26-3/h5-11,21H,4,12H2,1-3H3,(H,20,24)(H,22,23). The zero-order valence-electron chi connectivity index (χ0n) is 15.1. The molecular weight excluding hydrogens is 334 g/mol. The second-order valence-electron chi connectivity index (χ2n) is 5.40. The molecule has 0 radical (unpaired) electrons. The summed E-state index contributed by atoms with van der Waals surface area (Å²) in [6.07, 6.45) is 0. The summed E-state index contributed by atoms with van der Waals surface area (Å²) in [6.45, 7) is 2.48. The lowest BCUT2D eigenvalue weighted by atomic mass is 10.2. The Morgan fingerprint density at radius 1 is 1.00 bits per heavy atom. The number of rotatable bonds is 8. The minimum Gasteiger partial charge on any atom is -0.497 e. The lowest BCUT2D eigenvalue weighted by Gasteiger charge is -2.13. The van der Waals surface area contributed by atoms with E-state index < -0.39 is 0 Å². The molecule has 7 heteroatoms. The van der Waals surface area contributed by atoms with Gasteiger partial charge in [0, 0.05) is 23.9 Å². The van der Waals surface area contributed by atoms with Gasteiger partial charge in [-0.15, -0.1) is 0 Å². The Balaban J connectivity index is 1.94. The molecule has 0 saturated carbocycles. The highest BCUT2D eigenvalue weighted by atomic mass is 16.5. The molecule has 0 aliphatic rings. The van der Waals surface area contributed by atoms with E-state index in [9.17, 15) is 9.59 Å². The summed E-state index contributed by atoms with van der Waals surface area (Å²) in [4.78, 5) is 23.9. The van der Waals surface area contributed by atoms with E-state index in [1.165, 1.54) is 0 Å². The van der Waals surface area contributed by atoms with E-state index in [-0.39, 0.29) is 18.4 Å². The molecule has 0 aliphatic heterocycles. The summed E-state index contributed by atoms with van der Waals surface area (Å²) in [5.41, 5.74) is 1.82. The van der Waals surface area contributed by atoms with Gasteiger partial charge in [-0.1, -0.05) is 0 Å². The largest absolute Gasteiger partial charge is 0.497 e. The van der Waals surface area contributed by atoms with Crippen LogP contribution in [-0.4, -0.2) is 39.1 Å². The fourth-order valence-corrected chi connectivity index (χ4v) is 2.30. The Labute approximate surface area is 152 Å². The number of carbonyl (C=O) groups is 2. The van der Waals surface area contributed by atoms with Crippen molar-refractivity contribution >= 4 is 23.2 Å². The monoisotopic (exact) mass is 357 g/mol. The molecule has 26 heavy (non-hydrogen) atoms. The summed E-state index contributed by atoms with van der Waals surface area (Å²) in [6, 6.07) is 12.0. The van der Waals surface area contributed by atoms with Crippen LogP contribution in [0, 0.1) is 0 Å². The third kappa shape index (κ3) is 5.14.